The average molecular weight is 329 g/mol. The molecule has 0 aromatic heterocycles. The van der Waals surface area contributed by atoms with Gasteiger partial charge in [-0.1, -0.05) is 11.6 Å². The number of hydrogen-bond donors (Lipinski definition) is 3. The maximum atomic E-state index is 11.9. The van der Waals surface area contributed by atoms with Crippen LogP contribution in [0.25, 0.3) is 0 Å². The molecule has 0 bridgehead atoms. The summed E-state index contributed by atoms with van der Waals surface area (Å²) in [7, 11) is 4.07. The minimum atomic E-state index is -1.22. The fraction of sp³-hybridized carbons (Fsp3) is 0.467. The first-order valence-electron chi connectivity index (χ1n) is 7.27. The van der Waals surface area contributed by atoms with Crippen molar-refractivity contribution in [1.82, 2.24) is 0 Å². The van der Waals surface area contributed by atoms with Crippen LogP contribution in [0, 0.1) is 0 Å². The largest absolute Gasteiger partial charge is 0.544 e. The number of halogens is 1. The molecule has 0 aliphatic rings. The second kappa shape index (κ2) is 9.40. The highest BCUT2D eigenvalue weighted by Crippen LogP contribution is 2.13. The molecule has 0 heterocycles. The molecule has 0 radical (unpaired) electrons. The molecular formula is C15H23ClN3O3+. The number of hydrogen-bond acceptors (Lipinski definition) is 3. The summed E-state index contributed by atoms with van der Waals surface area (Å²) in [5.74, 6) is -1.57. The molecule has 122 valence electrons. The lowest BCUT2D eigenvalue weighted by Gasteiger charge is -2.16. The molecule has 7 heteroatoms. The highest BCUT2D eigenvalue weighted by molar-refractivity contribution is 6.30. The van der Waals surface area contributed by atoms with Gasteiger partial charge in [0.25, 0.3) is 0 Å². The van der Waals surface area contributed by atoms with Crippen molar-refractivity contribution in [2.45, 2.75) is 18.9 Å². The Bertz CT molecular complexity index is 491. The molecule has 0 aliphatic heterocycles. The van der Waals surface area contributed by atoms with Crippen LogP contribution in [0.15, 0.2) is 24.3 Å². The van der Waals surface area contributed by atoms with Gasteiger partial charge in [-0.15, -0.1) is 0 Å². The first-order valence-corrected chi connectivity index (χ1v) is 7.65. The van der Waals surface area contributed by atoms with E-state index in [-0.39, 0.29) is 12.3 Å². The molecule has 0 saturated heterocycles. The Morgan fingerprint density at radius 3 is 2.50 bits per heavy atom. The van der Waals surface area contributed by atoms with Gasteiger partial charge in [0, 0.05) is 17.1 Å². The molecule has 22 heavy (non-hydrogen) atoms. The van der Waals surface area contributed by atoms with E-state index in [9.17, 15) is 14.7 Å². The Kier molecular flexibility index (Phi) is 7.87. The Morgan fingerprint density at radius 1 is 1.32 bits per heavy atom. The van der Waals surface area contributed by atoms with Crippen LogP contribution in [0.5, 0.6) is 0 Å². The third kappa shape index (κ3) is 7.40. The molecular weight excluding hydrogens is 306 g/mol. The van der Waals surface area contributed by atoms with E-state index in [2.05, 4.69) is 5.32 Å². The third-order valence-corrected chi connectivity index (χ3v) is 3.42. The molecule has 4 N–H and O–H groups in total. The number of nitrogens with two attached hydrogens (primary N) is 1. The summed E-state index contributed by atoms with van der Waals surface area (Å²) in [5.41, 5.74) is 0.586. The van der Waals surface area contributed by atoms with Crippen molar-refractivity contribution >= 4 is 29.2 Å². The summed E-state index contributed by atoms with van der Waals surface area (Å²) >= 11 is 5.76. The SMILES string of the molecule is C[NH+](C)CCC[NH2+][C@H](CC(=O)Nc1ccc(Cl)cc1)C(=O)[O-]. The zero-order valence-corrected chi connectivity index (χ0v) is 13.7. The Balaban J connectivity index is 2.43. The van der Waals surface area contributed by atoms with E-state index in [0.717, 1.165) is 13.0 Å². The van der Waals surface area contributed by atoms with Gasteiger partial charge in [0.05, 0.1) is 39.6 Å². The molecule has 1 aromatic rings. The van der Waals surface area contributed by atoms with Gasteiger partial charge in [-0.25, -0.2) is 0 Å². The Hall–Kier alpha value is -1.63. The van der Waals surface area contributed by atoms with Gasteiger partial charge < -0.3 is 25.4 Å². The fourth-order valence-corrected chi connectivity index (χ4v) is 2.11. The van der Waals surface area contributed by atoms with E-state index >= 15 is 0 Å². The van der Waals surface area contributed by atoms with E-state index < -0.39 is 12.0 Å². The van der Waals surface area contributed by atoms with E-state index in [1.807, 2.05) is 14.1 Å². The molecule has 0 fully saturated rings. The molecule has 0 aliphatic carbocycles. The summed E-state index contributed by atoms with van der Waals surface area (Å²) < 4.78 is 0. The van der Waals surface area contributed by atoms with Crippen LogP contribution in [0.4, 0.5) is 5.69 Å². The zero-order valence-electron chi connectivity index (χ0n) is 12.9. The van der Waals surface area contributed by atoms with Crippen molar-refractivity contribution < 1.29 is 24.9 Å². The molecule has 0 saturated carbocycles. The van der Waals surface area contributed by atoms with Crippen LogP contribution in [-0.2, 0) is 9.59 Å². The van der Waals surface area contributed by atoms with E-state index in [1.165, 1.54) is 4.90 Å². The van der Waals surface area contributed by atoms with Gasteiger partial charge in [0.15, 0.2) is 0 Å². The van der Waals surface area contributed by atoms with Crippen molar-refractivity contribution in [3.05, 3.63) is 29.3 Å². The molecule has 1 amide bonds. The lowest BCUT2D eigenvalue weighted by atomic mass is 10.2. The molecule has 0 unspecified atom stereocenters. The molecule has 1 rings (SSSR count). The monoisotopic (exact) mass is 328 g/mol. The van der Waals surface area contributed by atoms with Crippen molar-refractivity contribution in [1.29, 1.82) is 0 Å². The number of benzene rings is 1. The number of aliphatic carboxylic acids is 1. The second-order valence-electron chi connectivity index (χ2n) is 5.52. The van der Waals surface area contributed by atoms with Gasteiger partial charge >= 0.3 is 0 Å². The number of quaternary nitrogens is 2. The Labute approximate surface area is 135 Å². The minimum Gasteiger partial charge on any atom is -0.544 e. The molecule has 0 spiro atoms. The quantitative estimate of drug-likeness (QED) is 0.453. The molecule has 6 nitrogen and oxygen atoms in total. The maximum Gasteiger partial charge on any atom is 0.230 e. The summed E-state index contributed by atoms with van der Waals surface area (Å²) in [4.78, 5) is 24.3. The van der Waals surface area contributed by atoms with Gasteiger partial charge in [-0.05, 0) is 24.3 Å². The summed E-state index contributed by atoms with van der Waals surface area (Å²) in [6.07, 6.45) is 0.755. The van der Waals surface area contributed by atoms with Gasteiger partial charge in [0.1, 0.15) is 6.04 Å². The second-order valence-corrected chi connectivity index (χ2v) is 5.96. The summed E-state index contributed by atoms with van der Waals surface area (Å²) in [5, 5.41) is 16.0. The number of rotatable bonds is 9. The maximum absolute atomic E-state index is 11.9. The first kappa shape index (κ1) is 18.4. The van der Waals surface area contributed by atoms with E-state index in [0.29, 0.717) is 17.3 Å². The normalized spacial score (nSPS) is 12.2. The Morgan fingerprint density at radius 2 is 1.95 bits per heavy atom. The van der Waals surface area contributed by atoms with E-state index in [4.69, 9.17) is 11.6 Å². The summed E-state index contributed by atoms with van der Waals surface area (Å²) in [6, 6.07) is 5.77. The van der Waals surface area contributed by atoms with Gasteiger partial charge in [-0.3, -0.25) is 4.79 Å². The van der Waals surface area contributed by atoms with Crippen LogP contribution >= 0.6 is 11.6 Å². The predicted molar refractivity (Wildman–Crippen MR) is 82.6 cm³/mol. The van der Waals surface area contributed by atoms with Crippen LogP contribution in [0.1, 0.15) is 12.8 Å². The topological polar surface area (TPSA) is 90.3 Å². The van der Waals surface area contributed by atoms with Crippen molar-refractivity contribution in [2.75, 3.05) is 32.5 Å². The number of amides is 1. The van der Waals surface area contributed by atoms with Crippen LogP contribution in [-0.4, -0.2) is 45.1 Å². The zero-order chi connectivity index (χ0) is 16.5. The molecule has 1 atom stereocenters. The van der Waals surface area contributed by atoms with Crippen molar-refractivity contribution in [2.24, 2.45) is 0 Å². The standard InChI is InChI=1S/C15H22ClN3O3/c1-19(2)9-3-8-17-13(15(21)22)10-14(20)18-12-6-4-11(16)5-7-12/h4-7,13,17H,3,8-10H2,1-2H3,(H,18,20)(H,21,22)/p+1/t13-/m1/s1. The number of carbonyl (C=O) groups excluding carboxylic acids is 2. The number of nitrogens with one attached hydrogen (secondary N) is 2. The highest BCUT2D eigenvalue weighted by Gasteiger charge is 2.18. The third-order valence-electron chi connectivity index (χ3n) is 3.17. The number of anilines is 1. The fourth-order valence-electron chi connectivity index (χ4n) is 1.98. The van der Waals surface area contributed by atoms with Crippen LogP contribution < -0.4 is 20.6 Å². The van der Waals surface area contributed by atoms with Gasteiger partial charge in [0.2, 0.25) is 5.91 Å². The van der Waals surface area contributed by atoms with E-state index in [1.54, 1.807) is 29.6 Å². The minimum absolute atomic E-state index is 0.125. The number of carboxylic acids is 1. The predicted octanol–water partition coefficient (Wildman–Crippen LogP) is -2.11. The van der Waals surface area contributed by atoms with Gasteiger partial charge in [-0.2, -0.15) is 0 Å². The lowest BCUT2D eigenvalue weighted by molar-refractivity contribution is -0.860. The van der Waals surface area contributed by atoms with Crippen molar-refractivity contribution in [3.8, 4) is 0 Å². The summed E-state index contributed by atoms with van der Waals surface area (Å²) in [6.45, 7) is 1.60. The molecule has 1 aromatic carbocycles. The first-order chi connectivity index (χ1) is 10.4. The average Bonchev–Trinajstić information content (AvgIpc) is 2.44. The lowest BCUT2D eigenvalue weighted by Crippen LogP contribution is -3.06. The highest BCUT2D eigenvalue weighted by atomic mass is 35.5. The van der Waals surface area contributed by atoms with Crippen molar-refractivity contribution in [3.63, 3.8) is 0 Å². The van der Waals surface area contributed by atoms with Crippen LogP contribution in [0.3, 0.4) is 0 Å². The van der Waals surface area contributed by atoms with Crippen LogP contribution in [0.2, 0.25) is 5.02 Å². The number of carboxylic acid groups (broad SMARTS) is 1. The smallest absolute Gasteiger partial charge is 0.230 e. The number of carbonyl (C=O) groups is 2.